The highest BCUT2D eigenvalue weighted by Gasteiger charge is 2.50. The van der Waals surface area contributed by atoms with E-state index >= 15 is 0 Å². The number of halogens is 4. The number of carbonyl (C=O) groups is 2. The highest BCUT2D eigenvalue weighted by atomic mass is 35.5. The number of hydrogen-bond donors (Lipinski definition) is 0. The van der Waals surface area contributed by atoms with Gasteiger partial charge in [-0.15, -0.1) is 0 Å². The van der Waals surface area contributed by atoms with Gasteiger partial charge in [-0.05, 0) is 19.1 Å². The lowest BCUT2D eigenvalue weighted by molar-refractivity contribution is -0.164. The lowest BCUT2D eigenvalue weighted by atomic mass is 10.0. The third-order valence-corrected chi connectivity index (χ3v) is 2.31. The zero-order chi connectivity index (χ0) is 13.9. The van der Waals surface area contributed by atoms with Gasteiger partial charge in [0.1, 0.15) is 0 Å². The van der Waals surface area contributed by atoms with Gasteiger partial charge in [0.05, 0.1) is 17.2 Å². The Kier molecular flexibility index (Phi) is 4.34. The van der Waals surface area contributed by atoms with Crippen LogP contribution in [0.2, 0.25) is 5.02 Å². The number of carbonyl (C=O) groups excluding carboxylic acids is 2. The smallest absolute Gasteiger partial charge is 0.404 e. The lowest BCUT2D eigenvalue weighted by Gasteiger charge is -2.13. The van der Waals surface area contributed by atoms with Crippen LogP contribution in [-0.2, 0) is 9.53 Å². The van der Waals surface area contributed by atoms with Gasteiger partial charge in [-0.3, -0.25) is 4.79 Å². The molecule has 0 heterocycles. The minimum atomic E-state index is -4.44. The van der Waals surface area contributed by atoms with Crippen LogP contribution in [-0.4, -0.2) is 24.3 Å². The van der Waals surface area contributed by atoms with E-state index in [9.17, 15) is 22.8 Å². The van der Waals surface area contributed by atoms with Crippen LogP contribution < -0.4 is 0 Å². The molecule has 18 heavy (non-hydrogen) atoms. The molecule has 0 unspecified atom stereocenters. The predicted molar refractivity (Wildman–Crippen MR) is 57.3 cm³/mol. The second-order valence-electron chi connectivity index (χ2n) is 3.23. The summed E-state index contributed by atoms with van der Waals surface area (Å²) in [4.78, 5) is 22.3. The van der Waals surface area contributed by atoms with E-state index in [1.165, 1.54) is 6.92 Å². The number of alkyl halides is 2. The standard InChI is InChI=1S/C11H8ClF3O3/c1-2-18-10(17)11(14,15)9(16)6-4-3-5-7(12)8(6)13/h3-5H,2H2,1H3. The number of hydrogen-bond acceptors (Lipinski definition) is 3. The third-order valence-electron chi connectivity index (χ3n) is 2.01. The Morgan fingerprint density at radius 3 is 2.56 bits per heavy atom. The number of benzene rings is 1. The third kappa shape index (κ3) is 2.64. The maximum Gasteiger partial charge on any atom is 0.404 e. The van der Waals surface area contributed by atoms with E-state index in [-0.39, 0.29) is 6.61 Å². The van der Waals surface area contributed by atoms with Crippen molar-refractivity contribution in [2.24, 2.45) is 0 Å². The van der Waals surface area contributed by atoms with Gasteiger partial charge in [0.2, 0.25) is 5.78 Å². The highest BCUT2D eigenvalue weighted by molar-refractivity contribution is 6.31. The summed E-state index contributed by atoms with van der Waals surface area (Å²) >= 11 is 5.36. The van der Waals surface area contributed by atoms with E-state index in [0.29, 0.717) is 0 Å². The Hall–Kier alpha value is -1.56. The summed E-state index contributed by atoms with van der Waals surface area (Å²) < 4.78 is 44.2. The Morgan fingerprint density at radius 2 is 2.00 bits per heavy atom. The average molecular weight is 281 g/mol. The predicted octanol–water partition coefficient (Wildman–Crippen LogP) is 2.86. The molecular formula is C11H8ClF3O3. The van der Waals surface area contributed by atoms with Crippen molar-refractivity contribution < 1.29 is 27.5 Å². The van der Waals surface area contributed by atoms with Crippen LogP contribution in [0.5, 0.6) is 0 Å². The Balaban J connectivity index is 3.14. The molecule has 1 aromatic rings. The van der Waals surface area contributed by atoms with Gasteiger partial charge in [-0.2, -0.15) is 8.78 Å². The fraction of sp³-hybridized carbons (Fsp3) is 0.273. The van der Waals surface area contributed by atoms with Gasteiger partial charge >= 0.3 is 11.9 Å². The van der Waals surface area contributed by atoms with Crippen LogP contribution in [0.4, 0.5) is 13.2 Å². The molecule has 0 radical (unpaired) electrons. The van der Waals surface area contributed by atoms with Crippen molar-refractivity contribution in [1.29, 1.82) is 0 Å². The molecule has 0 aromatic heterocycles. The van der Waals surface area contributed by atoms with Crippen LogP contribution in [0.25, 0.3) is 0 Å². The summed E-state index contributed by atoms with van der Waals surface area (Å²) in [5.41, 5.74) is -0.958. The minimum Gasteiger partial charge on any atom is -0.461 e. The van der Waals surface area contributed by atoms with Gasteiger partial charge in [-0.25, -0.2) is 9.18 Å². The summed E-state index contributed by atoms with van der Waals surface area (Å²) in [6.07, 6.45) is 0. The van der Waals surface area contributed by atoms with Gasteiger partial charge < -0.3 is 4.74 Å². The van der Waals surface area contributed by atoms with Crippen molar-refractivity contribution in [3.05, 3.63) is 34.6 Å². The van der Waals surface area contributed by atoms with Gasteiger partial charge in [0, 0.05) is 0 Å². The molecule has 0 N–H and O–H groups in total. The first kappa shape index (κ1) is 14.5. The Bertz CT molecular complexity index is 488. The van der Waals surface area contributed by atoms with Crippen LogP contribution in [0.15, 0.2) is 18.2 Å². The molecule has 0 saturated carbocycles. The minimum absolute atomic E-state index is 0.320. The van der Waals surface area contributed by atoms with Gasteiger partial charge in [-0.1, -0.05) is 17.7 Å². The highest BCUT2D eigenvalue weighted by Crippen LogP contribution is 2.26. The van der Waals surface area contributed by atoms with E-state index < -0.39 is 34.1 Å². The molecule has 1 rings (SSSR count). The first-order valence-corrected chi connectivity index (χ1v) is 5.24. The first-order chi connectivity index (χ1) is 8.32. The number of rotatable bonds is 4. The molecule has 7 heteroatoms. The summed E-state index contributed by atoms with van der Waals surface area (Å²) in [6, 6.07) is 3.03. The molecule has 0 atom stereocenters. The van der Waals surface area contributed by atoms with Crippen molar-refractivity contribution in [2.45, 2.75) is 12.8 Å². The molecule has 0 aliphatic heterocycles. The van der Waals surface area contributed by atoms with Crippen LogP contribution in [0, 0.1) is 5.82 Å². The second-order valence-corrected chi connectivity index (χ2v) is 3.63. The van der Waals surface area contributed by atoms with E-state index in [1.54, 1.807) is 0 Å². The molecule has 0 spiro atoms. The van der Waals surface area contributed by atoms with E-state index in [2.05, 4.69) is 4.74 Å². The first-order valence-electron chi connectivity index (χ1n) is 4.86. The molecule has 0 aliphatic carbocycles. The zero-order valence-corrected chi connectivity index (χ0v) is 9.93. The number of Topliss-reactive ketones (excluding diaryl/α,β-unsaturated/α-hetero) is 1. The largest absolute Gasteiger partial charge is 0.461 e. The lowest BCUT2D eigenvalue weighted by Crippen LogP contribution is -2.39. The zero-order valence-electron chi connectivity index (χ0n) is 9.18. The summed E-state index contributed by atoms with van der Waals surface area (Å²) in [5.74, 6) is -9.75. The molecular weight excluding hydrogens is 273 g/mol. The normalized spacial score (nSPS) is 11.2. The summed E-state index contributed by atoms with van der Waals surface area (Å²) in [7, 11) is 0. The van der Waals surface area contributed by atoms with Crippen LogP contribution >= 0.6 is 11.6 Å². The monoisotopic (exact) mass is 280 g/mol. The number of ether oxygens (including phenoxy) is 1. The summed E-state index contributed by atoms with van der Waals surface area (Å²) in [6.45, 7) is 0.984. The van der Waals surface area contributed by atoms with Crippen molar-refractivity contribution in [2.75, 3.05) is 6.61 Å². The quantitative estimate of drug-likeness (QED) is 0.484. The Morgan fingerprint density at radius 1 is 1.39 bits per heavy atom. The molecule has 98 valence electrons. The van der Waals surface area contributed by atoms with Crippen molar-refractivity contribution in [1.82, 2.24) is 0 Å². The van der Waals surface area contributed by atoms with E-state index in [4.69, 9.17) is 11.6 Å². The average Bonchev–Trinajstić information content (AvgIpc) is 2.32. The number of ketones is 1. The maximum atomic E-state index is 13.4. The van der Waals surface area contributed by atoms with Crippen molar-refractivity contribution in [3.63, 3.8) is 0 Å². The van der Waals surface area contributed by atoms with Gasteiger partial charge in [0.15, 0.2) is 5.82 Å². The molecule has 0 saturated heterocycles. The number of esters is 1. The topological polar surface area (TPSA) is 43.4 Å². The molecule has 0 bridgehead atoms. The van der Waals surface area contributed by atoms with Crippen molar-refractivity contribution >= 4 is 23.4 Å². The fourth-order valence-electron chi connectivity index (χ4n) is 1.16. The molecule has 0 amide bonds. The fourth-order valence-corrected chi connectivity index (χ4v) is 1.34. The van der Waals surface area contributed by atoms with Crippen molar-refractivity contribution in [3.8, 4) is 0 Å². The Labute approximate surface area is 105 Å². The van der Waals surface area contributed by atoms with E-state index in [0.717, 1.165) is 18.2 Å². The maximum absolute atomic E-state index is 13.4. The van der Waals surface area contributed by atoms with E-state index in [1.807, 2.05) is 0 Å². The summed E-state index contributed by atoms with van der Waals surface area (Å²) in [5, 5.41) is -0.486. The van der Waals surface area contributed by atoms with Crippen LogP contribution in [0.3, 0.4) is 0 Å². The van der Waals surface area contributed by atoms with Crippen LogP contribution in [0.1, 0.15) is 17.3 Å². The van der Waals surface area contributed by atoms with Gasteiger partial charge in [0.25, 0.3) is 0 Å². The molecule has 0 fully saturated rings. The molecule has 1 aromatic carbocycles. The second kappa shape index (κ2) is 5.39. The molecule has 3 nitrogen and oxygen atoms in total. The SMILES string of the molecule is CCOC(=O)C(F)(F)C(=O)c1cccc(Cl)c1F. The molecule has 0 aliphatic rings.